The molecule has 0 aliphatic carbocycles. The summed E-state index contributed by atoms with van der Waals surface area (Å²) in [6.07, 6.45) is 5.71. The molecule has 0 saturated carbocycles. The number of aromatic hydroxyl groups is 1. The third-order valence-electron chi connectivity index (χ3n) is 6.93. The van der Waals surface area contributed by atoms with E-state index in [0.29, 0.717) is 5.56 Å². The summed E-state index contributed by atoms with van der Waals surface area (Å²) in [6, 6.07) is 3.35. The van der Waals surface area contributed by atoms with Crippen LogP contribution in [0.2, 0.25) is 10.0 Å². The van der Waals surface area contributed by atoms with Gasteiger partial charge in [0.15, 0.2) is 0 Å². The number of fused-ring (bicyclic) bond motifs is 1. The Morgan fingerprint density at radius 2 is 1.97 bits per heavy atom. The van der Waals surface area contributed by atoms with Crippen molar-refractivity contribution in [3.8, 4) is 16.9 Å². The summed E-state index contributed by atoms with van der Waals surface area (Å²) in [5.41, 5.74) is 9.57. The van der Waals surface area contributed by atoms with Crippen LogP contribution in [-0.4, -0.2) is 51.3 Å². The fourth-order valence-electron chi connectivity index (χ4n) is 4.97. The number of halogens is 2. The zero-order valence-corrected chi connectivity index (χ0v) is 19.0. The minimum absolute atomic E-state index is 0.0509. The molecule has 2 fully saturated rings. The Balaban J connectivity index is 1.53. The molecule has 0 radical (unpaired) electrons. The van der Waals surface area contributed by atoms with E-state index in [1.807, 2.05) is 17.5 Å². The molecule has 2 aliphatic heterocycles. The lowest BCUT2D eigenvalue weighted by Crippen LogP contribution is -2.51. The molecule has 31 heavy (non-hydrogen) atoms. The third-order valence-corrected chi connectivity index (χ3v) is 7.80. The predicted octanol–water partition coefficient (Wildman–Crippen LogP) is 4.05. The predicted molar refractivity (Wildman–Crippen MR) is 122 cm³/mol. The molecule has 2 aromatic heterocycles. The summed E-state index contributed by atoms with van der Waals surface area (Å²) >= 11 is 12.7. The number of imidazole rings is 1. The van der Waals surface area contributed by atoms with Gasteiger partial charge in [0.2, 0.25) is 5.95 Å². The van der Waals surface area contributed by atoms with Crippen molar-refractivity contribution in [1.29, 1.82) is 0 Å². The summed E-state index contributed by atoms with van der Waals surface area (Å²) in [5.74, 6) is 0.799. The van der Waals surface area contributed by atoms with E-state index >= 15 is 0 Å². The highest BCUT2D eigenvalue weighted by molar-refractivity contribution is 6.44. The third kappa shape index (κ3) is 3.18. The van der Waals surface area contributed by atoms with E-state index in [9.17, 15) is 5.11 Å². The fourth-order valence-corrected chi connectivity index (χ4v) is 5.39. The van der Waals surface area contributed by atoms with Crippen LogP contribution in [0.4, 0.5) is 5.95 Å². The van der Waals surface area contributed by atoms with Crippen molar-refractivity contribution < 1.29 is 9.84 Å². The van der Waals surface area contributed by atoms with Crippen LogP contribution in [-0.2, 0) is 4.74 Å². The van der Waals surface area contributed by atoms with Crippen molar-refractivity contribution in [2.24, 2.45) is 11.1 Å². The quantitative estimate of drug-likeness (QED) is 0.598. The minimum Gasteiger partial charge on any atom is -0.506 e. The number of aromatic nitrogens is 3. The minimum atomic E-state index is -0.0531. The molecule has 2 aliphatic rings. The van der Waals surface area contributed by atoms with E-state index in [1.54, 1.807) is 12.3 Å². The zero-order chi connectivity index (χ0) is 21.9. The van der Waals surface area contributed by atoms with Crippen molar-refractivity contribution in [1.82, 2.24) is 14.4 Å². The highest BCUT2D eigenvalue weighted by atomic mass is 35.5. The van der Waals surface area contributed by atoms with Crippen molar-refractivity contribution in [2.45, 2.75) is 38.8 Å². The van der Waals surface area contributed by atoms with Gasteiger partial charge in [-0.3, -0.25) is 4.40 Å². The lowest BCUT2D eigenvalue weighted by atomic mass is 9.73. The SMILES string of the molecule is Cc1nc(N2CCC3(CC2)CO[C@@H](C)[C@H]3N)n2ccnc2c1-c1ccc(O)c(Cl)c1Cl. The number of phenolic OH excluding ortho intramolecular Hbond substituents is 1. The molecule has 9 heteroatoms. The average Bonchev–Trinajstić information content (AvgIpc) is 3.35. The first kappa shape index (κ1) is 20.8. The van der Waals surface area contributed by atoms with Crippen LogP contribution < -0.4 is 10.6 Å². The molecular weight excluding hydrogens is 437 g/mol. The van der Waals surface area contributed by atoms with Crippen LogP contribution in [0, 0.1) is 12.3 Å². The van der Waals surface area contributed by atoms with E-state index in [0.717, 1.165) is 55.4 Å². The average molecular weight is 462 g/mol. The van der Waals surface area contributed by atoms with Gasteiger partial charge >= 0.3 is 0 Å². The van der Waals surface area contributed by atoms with Gasteiger partial charge in [0.05, 0.1) is 23.4 Å². The van der Waals surface area contributed by atoms with E-state index < -0.39 is 0 Å². The van der Waals surface area contributed by atoms with Gasteiger partial charge in [-0.15, -0.1) is 0 Å². The molecule has 2 saturated heterocycles. The molecule has 0 unspecified atom stereocenters. The number of hydrogen-bond donors (Lipinski definition) is 2. The first-order valence-corrected chi connectivity index (χ1v) is 11.2. The standard InChI is InChI=1S/C22H25Cl2N5O2/c1-12-16(14-3-4-15(30)18(24)17(14)23)20-26-7-10-29(20)21(27-12)28-8-5-22(6-9-28)11-31-13(2)19(22)25/h3-4,7,10,13,19,30H,5-6,8-9,11,25H2,1-2H3/t13-,19+/m0/s1. The van der Waals surface area contributed by atoms with Crippen molar-refractivity contribution >= 4 is 34.8 Å². The van der Waals surface area contributed by atoms with E-state index in [4.69, 9.17) is 38.7 Å². The van der Waals surface area contributed by atoms with Gasteiger partial charge in [-0.05, 0) is 38.8 Å². The molecule has 164 valence electrons. The molecule has 2 atom stereocenters. The molecule has 3 aromatic rings. The van der Waals surface area contributed by atoms with Crippen molar-refractivity contribution in [3.63, 3.8) is 0 Å². The second-order valence-electron chi connectivity index (χ2n) is 8.64. The lowest BCUT2D eigenvalue weighted by molar-refractivity contribution is 0.0973. The van der Waals surface area contributed by atoms with Gasteiger partial charge in [-0.25, -0.2) is 9.97 Å². The first-order chi connectivity index (χ1) is 14.8. The van der Waals surface area contributed by atoms with Gasteiger partial charge in [-0.1, -0.05) is 23.2 Å². The molecule has 1 aromatic carbocycles. The summed E-state index contributed by atoms with van der Waals surface area (Å²) in [6.45, 7) is 6.45. The number of benzene rings is 1. The second kappa shape index (κ2) is 7.52. The first-order valence-electron chi connectivity index (χ1n) is 10.5. The number of rotatable bonds is 2. The van der Waals surface area contributed by atoms with Crippen molar-refractivity contribution in [3.05, 3.63) is 40.3 Å². The number of anilines is 1. The Hall–Kier alpha value is -2.06. The Labute approximate surface area is 190 Å². The van der Waals surface area contributed by atoms with Gasteiger partial charge in [0, 0.05) is 48.1 Å². The number of piperidine rings is 1. The number of ether oxygens (including phenoxy) is 1. The molecular formula is C22H25Cl2N5O2. The topological polar surface area (TPSA) is 88.9 Å². The summed E-state index contributed by atoms with van der Waals surface area (Å²) in [4.78, 5) is 11.8. The van der Waals surface area contributed by atoms with Crippen LogP contribution in [0.1, 0.15) is 25.5 Å². The van der Waals surface area contributed by atoms with Crippen molar-refractivity contribution in [2.75, 3.05) is 24.6 Å². The number of aryl methyl sites for hydroxylation is 1. The Kier molecular flexibility index (Phi) is 5.05. The molecule has 0 amide bonds. The Bertz CT molecular complexity index is 1160. The maximum atomic E-state index is 9.87. The number of nitrogens with zero attached hydrogens (tertiary/aromatic N) is 4. The number of hydrogen-bond acceptors (Lipinski definition) is 6. The van der Waals surface area contributed by atoms with Gasteiger partial charge < -0.3 is 20.5 Å². The van der Waals surface area contributed by atoms with E-state index in [2.05, 4.69) is 16.8 Å². The molecule has 4 heterocycles. The van der Waals surface area contributed by atoms with Crippen LogP contribution in [0.3, 0.4) is 0 Å². The largest absolute Gasteiger partial charge is 0.506 e. The van der Waals surface area contributed by atoms with E-state index in [1.165, 1.54) is 6.07 Å². The van der Waals surface area contributed by atoms with Crippen LogP contribution in [0.5, 0.6) is 5.75 Å². The molecule has 5 rings (SSSR count). The number of nitrogens with two attached hydrogens (primary N) is 1. The van der Waals surface area contributed by atoms with Crippen LogP contribution in [0.25, 0.3) is 16.8 Å². The highest BCUT2D eigenvalue weighted by Crippen LogP contribution is 2.44. The maximum absolute atomic E-state index is 9.87. The highest BCUT2D eigenvalue weighted by Gasteiger charge is 2.47. The van der Waals surface area contributed by atoms with Gasteiger partial charge in [0.1, 0.15) is 16.4 Å². The molecule has 1 spiro atoms. The Morgan fingerprint density at radius 1 is 1.23 bits per heavy atom. The maximum Gasteiger partial charge on any atom is 0.211 e. The second-order valence-corrected chi connectivity index (χ2v) is 9.40. The fraction of sp³-hybridized carbons (Fsp3) is 0.455. The molecule has 3 N–H and O–H groups in total. The smallest absolute Gasteiger partial charge is 0.211 e. The summed E-state index contributed by atoms with van der Waals surface area (Å²) in [5, 5.41) is 10.3. The van der Waals surface area contributed by atoms with Gasteiger partial charge in [0.25, 0.3) is 0 Å². The summed E-state index contributed by atoms with van der Waals surface area (Å²) in [7, 11) is 0. The number of phenols is 1. The van der Waals surface area contributed by atoms with Crippen LogP contribution >= 0.6 is 23.2 Å². The molecule has 7 nitrogen and oxygen atoms in total. The molecule has 0 bridgehead atoms. The zero-order valence-electron chi connectivity index (χ0n) is 17.5. The lowest BCUT2D eigenvalue weighted by Gasteiger charge is -2.41. The summed E-state index contributed by atoms with van der Waals surface area (Å²) < 4.78 is 7.85. The van der Waals surface area contributed by atoms with Gasteiger partial charge in [-0.2, -0.15) is 0 Å². The monoisotopic (exact) mass is 461 g/mol. The van der Waals surface area contributed by atoms with Crippen LogP contribution in [0.15, 0.2) is 24.5 Å². The normalized spacial score (nSPS) is 23.2. The Morgan fingerprint density at radius 3 is 2.65 bits per heavy atom. The van der Waals surface area contributed by atoms with E-state index in [-0.39, 0.29) is 33.4 Å².